The Kier molecular flexibility index (Phi) is 5.52. The Labute approximate surface area is 144 Å². The van der Waals surface area contributed by atoms with Crippen LogP contribution >= 0.6 is 0 Å². The SMILES string of the molecule is COC(=O)CCN(C(=O)c1cc(C(F)(F)F)cc(C(F)(F)F)c1)C1CC1. The smallest absolute Gasteiger partial charge is 0.416 e. The van der Waals surface area contributed by atoms with Crippen LogP contribution in [0, 0.1) is 0 Å². The minimum Gasteiger partial charge on any atom is -0.469 e. The van der Waals surface area contributed by atoms with Crippen LogP contribution in [-0.4, -0.2) is 36.5 Å². The molecule has 1 aliphatic carbocycles. The Morgan fingerprint density at radius 3 is 1.92 bits per heavy atom. The Morgan fingerprint density at radius 2 is 1.54 bits per heavy atom. The molecule has 0 spiro atoms. The lowest BCUT2D eigenvalue weighted by atomic mass is 10.0. The summed E-state index contributed by atoms with van der Waals surface area (Å²) in [5.74, 6) is -1.61. The quantitative estimate of drug-likeness (QED) is 0.573. The number of carbonyl (C=O) groups excluding carboxylic acids is 2. The largest absolute Gasteiger partial charge is 0.469 e. The molecule has 1 amide bonds. The van der Waals surface area contributed by atoms with Gasteiger partial charge in [0.2, 0.25) is 0 Å². The molecular weight excluding hydrogens is 368 g/mol. The van der Waals surface area contributed by atoms with Gasteiger partial charge in [-0.2, -0.15) is 26.3 Å². The van der Waals surface area contributed by atoms with E-state index < -0.39 is 40.9 Å². The average molecular weight is 383 g/mol. The van der Waals surface area contributed by atoms with Gasteiger partial charge < -0.3 is 9.64 Å². The van der Waals surface area contributed by atoms with E-state index in [1.807, 2.05) is 0 Å². The molecule has 1 aliphatic rings. The first-order valence-corrected chi connectivity index (χ1v) is 7.60. The van der Waals surface area contributed by atoms with Crippen molar-refractivity contribution in [1.29, 1.82) is 0 Å². The first kappa shape index (κ1) is 20.1. The van der Waals surface area contributed by atoms with Gasteiger partial charge in [0.25, 0.3) is 5.91 Å². The van der Waals surface area contributed by atoms with Crippen molar-refractivity contribution in [3.8, 4) is 0 Å². The predicted octanol–water partition coefficient (Wildman–Crippen LogP) is 3.89. The Morgan fingerprint density at radius 1 is 1.04 bits per heavy atom. The standard InChI is InChI=1S/C16H15F6NO3/c1-26-13(24)4-5-23(12-2-3-12)14(25)9-6-10(15(17,18)19)8-11(7-9)16(20,21)22/h6-8,12H,2-5H2,1H3. The van der Waals surface area contributed by atoms with Crippen molar-refractivity contribution in [3.63, 3.8) is 0 Å². The van der Waals surface area contributed by atoms with E-state index in [9.17, 15) is 35.9 Å². The Hall–Kier alpha value is -2.26. The number of esters is 1. The minimum absolute atomic E-state index is 0.0350. The van der Waals surface area contributed by atoms with Crippen molar-refractivity contribution in [3.05, 3.63) is 34.9 Å². The summed E-state index contributed by atoms with van der Waals surface area (Å²) in [5, 5.41) is 0. The van der Waals surface area contributed by atoms with E-state index in [1.165, 1.54) is 0 Å². The van der Waals surface area contributed by atoms with Gasteiger partial charge in [-0.25, -0.2) is 0 Å². The lowest BCUT2D eigenvalue weighted by Gasteiger charge is -2.23. The number of carbonyl (C=O) groups is 2. The molecule has 1 saturated carbocycles. The first-order valence-electron chi connectivity index (χ1n) is 7.60. The maximum Gasteiger partial charge on any atom is 0.416 e. The van der Waals surface area contributed by atoms with Gasteiger partial charge in [0.1, 0.15) is 0 Å². The van der Waals surface area contributed by atoms with Crippen molar-refractivity contribution in [2.24, 2.45) is 0 Å². The first-order chi connectivity index (χ1) is 11.9. The number of ether oxygens (including phenoxy) is 1. The molecule has 0 saturated heterocycles. The zero-order valence-electron chi connectivity index (χ0n) is 13.6. The zero-order chi connectivity index (χ0) is 19.7. The summed E-state index contributed by atoms with van der Waals surface area (Å²) in [5.41, 5.74) is -3.83. The lowest BCUT2D eigenvalue weighted by molar-refractivity contribution is -0.143. The highest BCUT2D eigenvalue weighted by Gasteiger charge is 2.39. The maximum absolute atomic E-state index is 12.9. The third-order valence-corrected chi connectivity index (χ3v) is 3.87. The van der Waals surface area contributed by atoms with Gasteiger partial charge in [0.15, 0.2) is 0 Å². The summed E-state index contributed by atoms with van der Waals surface area (Å²) >= 11 is 0. The molecule has 26 heavy (non-hydrogen) atoms. The molecule has 0 bridgehead atoms. The normalized spacial score (nSPS) is 14.9. The summed E-state index contributed by atoms with van der Waals surface area (Å²) in [6, 6.07) is 0.444. The van der Waals surface area contributed by atoms with Gasteiger partial charge in [0.05, 0.1) is 24.7 Å². The second kappa shape index (κ2) is 7.16. The highest BCUT2D eigenvalue weighted by atomic mass is 19.4. The van der Waals surface area contributed by atoms with Crippen LogP contribution < -0.4 is 0 Å². The van der Waals surface area contributed by atoms with Crippen LogP contribution in [0.3, 0.4) is 0 Å². The molecule has 0 aliphatic heterocycles. The van der Waals surface area contributed by atoms with Crippen molar-refractivity contribution in [2.45, 2.75) is 37.7 Å². The van der Waals surface area contributed by atoms with E-state index in [1.54, 1.807) is 0 Å². The highest BCUT2D eigenvalue weighted by molar-refractivity contribution is 5.95. The van der Waals surface area contributed by atoms with E-state index >= 15 is 0 Å². The topological polar surface area (TPSA) is 46.6 Å². The van der Waals surface area contributed by atoms with Crippen LogP contribution in [0.4, 0.5) is 26.3 Å². The fourth-order valence-electron chi connectivity index (χ4n) is 2.39. The molecule has 144 valence electrons. The van der Waals surface area contributed by atoms with Gasteiger partial charge in [-0.1, -0.05) is 0 Å². The second-order valence-electron chi connectivity index (χ2n) is 5.85. The van der Waals surface area contributed by atoms with Crippen LogP contribution in [0.5, 0.6) is 0 Å². The van der Waals surface area contributed by atoms with Gasteiger partial charge in [-0.3, -0.25) is 9.59 Å². The number of hydrogen-bond acceptors (Lipinski definition) is 3. The van der Waals surface area contributed by atoms with Crippen LogP contribution in [-0.2, 0) is 21.9 Å². The molecule has 0 atom stereocenters. The molecule has 4 nitrogen and oxygen atoms in total. The highest BCUT2D eigenvalue weighted by Crippen LogP contribution is 2.37. The molecule has 1 aromatic rings. The molecule has 0 heterocycles. The molecular formula is C16H15F6NO3. The number of nitrogens with zero attached hydrogens (tertiary/aromatic N) is 1. The van der Waals surface area contributed by atoms with Gasteiger partial charge >= 0.3 is 18.3 Å². The summed E-state index contributed by atoms with van der Waals surface area (Å²) in [6.45, 7) is -0.145. The Balaban J connectivity index is 2.37. The summed E-state index contributed by atoms with van der Waals surface area (Å²) in [4.78, 5) is 24.9. The van der Waals surface area contributed by atoms with Crippen molar-refractivity contribution in [1.82, 2.24) is 4.90 Å². The molecule has 0 aromatic heterocycles. The van der Waals surface area contributed by atoms with Gasteiger partial charge in [0, 0.05) is 18.2 Å². The predicted molar refractivity (Wildman–Crippen MR) is 77.1 cm³/mol. The number of benzene rings is 1. The maximum atomic E-state index is 12.9. The number of alkyl halides is 6. The fourth-order valence-corrected chi connectivity index (χ4v) is 2.39. The lowest BCUT2D eigenvalue weighted by Crippen LogP contribution is -2.35. The van der Waals surface area contributed by atoms with Gasteiger partial charge in [-0.05, 0) is 31.0 Å². The van der Waals surface area contributed by atoms with Gasteiger partial charge in [-0.15, -0.1) is 0 Å². The molecule has 0 unspecified atom stereocenters. The van der Waals surface area contributed by atoms with E-state index in [2.05, 4.69) is 4.74 Å². The van der Waals surface area contributed by atoms with E-state index in [4.69, 9.17) is 0 Å². The van der Waals surface area contributed by atoms with Crippen molar-refractivity contribution in [2.75, 3.05) is 13.7 Å². The number of amides is 1. The number of rotatable bonds is 5. The number of halogens is 6. The molecule has 10 heteroatoms. The van der Waals surface area contributed by atoms with Crippen LogP contribution in [0.15, 0.2) is 18.2 Å². The molecule has 1 aromatic carbocycles. The number of methoxy groups -OCH3 is 1. The molecule has 2 rings (SSSR count). The van der Waals surface area contributed by atoms with E-state index in [0.717, 1.165) is 12.0 Å². The minimum atomic E-state index is -5.04. The third kappa shape index (κ3) is 4.89. The summed E-state index contributed by atoms with van der Waals surface area (Å²) < 4.78 is 81.9. The van der Waals surface area contributed by atoms with Crippen molar-refractivity contribution >= 4 is 11.9 Å². The van der Waals surface area contributed by atoms with E-state index in [0.29, 0.717) is 25.0 Å². The van der Waals surface area contributed by atoms with Crippen LogP contribution in [0.25, 0.3) is 0 Å². The average Bonchev–Trinajstić information content (AvgIpc) is 3.37. The van der Waals surface area contributed by atoms with Crippen LogP contribution in [0.2, 0.25) is 0 Å². The van der Waals surface area contributed by atoms with Crippen LogP contribution in [0.1, 0.15) is 40.7 Å². The summed E-state index contributed by atoms with van der Waals surface area (Å²) in [7, 11) is 1.13. The molecule has 0 N–H and O–H groups in total. The molecule has 0 radical (unpaired) electrons. The third-order valence-electron chi connectivity index (χ3n) is 3.87. The summed E-state index contributed by atoms with van der Waals surface area (Å²) in [6.07, 6.45) is -9.14. The Bertz CT molecular complexity index is 662. The second-order valence-corrected chi connectivity index (χ2v) is 5.85. The monoisotopic (exact) mass is 383 g/mol. The zero-order valence-corrected chi connectivity index (χ0v) is 13.6. The van der Waals surface area contributed by atoms with E-state index in [-0.39, 0.29) is 25.1 Å². The van der Waals surface area contributed by atoms with Crippen molar-refractivity contribution < 1.29 is 40.7 Å². The number of hydrogen-bond donors (Lipinski definition) is 0. The molecule has 1 fully saturated rings. The fraction of sp³-hybridized carbons (Fsp3) is 0.500.